The van der Waals surface area contributed by atoms with Crippen LogP contribution in [-0.2, 0) is 0 Å². The van der Waals surface area contributed by atoms with Gasteiger partial charge in [0.25, 0.3) is 5.91 Å². The first-order valence-electron chi connectivity index (χ1n) is 7.14. The Morgan fingerprint density at radius 1 is 1.12 bits per heavy atom. The highest BCUT2D eigenvalue weighted by atomic mass is 35.5. The van der Waals surface area contributed by atoms with Crippen molar-refractivity contribution in [3.63, 3.8) is 0 Å². The third kappa shape index (κ3) is 2.37. The van der Waals surface area contributed by atoms with E-state index in [2.05, 4.69) is 10.3 Å². The number of oxazole rings is 1. The number of hydrogen-bond donors (Lipinski definition) is 2. The van der Waals surface area contributed by atoms with Crippen molar-refractivity contribution >= 4 is 45.3 Å². The highest BCUT2D eigenvalue weighted by Gasteiger charge is 2.18. The largest absolute Gasteiger partial charge is 0.451 e. The van der Waals surface area contributed by atoms with E-state index >= 15 is 0 Å². The second kappa shape index (κ2) is 5.28. The molecule has 2 N–H and O–H groups in total. The van der Waals surface area contributed by atoms with Crippen LogP contribution in [0.15, 0.2) is 50.0 Å². The minimum absolute atomic E-state index is 0.216. The van der Waals surface area contributed by atoms with Gasteiger partial charge in [0.05, 0.1) is 5.52 Å². The van der Waals surface area contributed by atoms with Crippen molar-refractivity contribution in [3.8, 4) is 0 Å². The number of fused-ring (bicyclic) bond motifs is 2. The van der Waals surface area contributed by atoms with Gasteiger partial charge < -0.3 is 14.2 Å². The van der Waals surface area contributed by atoms with Crippen LogP contribution in [0.4, 0.5) is 5.69 Å². The van der Waals surface area contributed by atoms with E-state index in [1.165, 1.54) is 0 Å². The first kappa shape index (κ1) is 14.6. The number of carbonyl (C=O) groups is 1. The zero-order chi connectivity index (χ0) is 16.8. The average Bonchev–Trinajstić information content (AvgIpc) is 3.06. The summed E-state index contributed by atoms with van der Waals surface area (Å²) in [5, 5.41) is 4.12. The molecule has 0 atom stereocenters. The maximum absolute atomic E-state index is 12.5. The van der Waals surface area contributed by atoms with Gasteiger partial charge in [-0.2, -0.15) is 0 Å². The summed E-state index contributed by atoms with van der Waals surface area (Å²) >= 11 is 5.99. The molecule has 7 heteroatoms. The zero-order valence-corrected chi connectivity index (χ0v) is 13.2. The predicted octanol–water partition coefficient (Wildman–Crippen LogP) is 4.08. The molecule has 4 aromatic rings. The monoisotopic (exact) mass is 342 g/mol. The zero-order valence-electron chi connectivity index (χ0n) is 12.5. The summed E-state index contributed by atoms with van der Waals surface area (Å²) in [6, 6.07) is 10.1. The fraction of sp³-hybridized carbons (Fsp3) is 0.0588. The summed E-state index contributed by atoms with van der Waals surface area (Å²) < 4.78 is 10.6. The molecule has 6 nitrogen and oxygen atoms in total. The number of carbonyl (C=O) groups excluding carboxylic acids is 1. The van der Waals surface area contributed by atoms with E-state index in [1.807, 2.05) is 0 Å². The average molecular weight is 343 g/mol. The van der Waals surface area contributed by atoms with Crippen molar-refractivity contribution in [2.45, 2.75) is 6.92 Å². The Hall–Kier alpha value is -2.99. The molecular formula is C17H11ClN2O4. The van der Waals surface area contributed by atoms with Crippen molar-refractivity contribution < 1.29 is 13.6 Å². The number of halogens is 1. The van der Waals surface area contributed by atoms with Gasteiger partial charge in [-0.3, -0.25) is 9.78 Å². The minimum Gasteiger partial charge on any atom is -0.451 e. The number of nitrogens with one attached hydrogen (secondary N) is 2. The number of H-pyrrole nitrogens is 1. The SMILES string of the molecule is Cc1c(C(=O)Nc2ccc3oc(=O)[nH]c3c2)oc2ccc(Cl)cc12. The van der Waals surface area contributed by atoms with Gasteiger partial charge in [0.1, 0.15) is 5.58 Å². The molecule has 0 saturated carbocycles. The highest BCUT2D eigenvalue weighted by molar-refractivity contribution is 6.31. The summed E-state index contributed by atoms with van der Waals surface area (Å²) in [5.74, 6) is -0.712. The molecule has 24 heavy (non-hydrogen) atoms. The molecule has 4 rings (SSSR count). The van der Waals surface area contributed by atoms with Crippen LogP contribution < -0.4 is 11.1 Å². The van der Waals surface area contributed by atoms with Crippen molar-refractivity contribution in [3.05, 3.63) is 63.3 Å². The minimum atomic E-state index is -0.543. The standard InChI is InChI=1S/C17H11ClN2O4/c1-8-11-6-9(18)2-4-13(11)23-15(8)16(21)19-10-3-5-14-12(7-10)20-17(22)24-14/h2-7H,1H3,(H,19,21)(H,20,22). The predicted molar refractivity (Wildman–Crippen MR) is 90.7 cm³/mol. The number of aromatic nitrogens is 1. The Labute approximate surface area is 140 Å². The molecule has 0 saturated heterocycles. The highest BCUT2D eigenvalue weighted by Crippen LogP contribution is 2.28. The van der Waals surface area contributed by atoms with Crippen molar-refractivity contribution in [2.75, 3.05) is 5.32 Å². The lowest BCUT2D eigenvalue weighted by molar-refractivity contribution is 0.0998. The number of hydrogen-bond acceptors (Lipinski definition) is 4. The van der Waals surface area contributed by atoms with Crippen LogP contribution >= 0.6 is 11.6 Å². The second-order valence-corrected chi connectivity index (χ2v) is 5.81. The number of benzene rings is 2. The molecule has 0 aliphatic heterocycles. The topological polar surface area (TPSA) is 88.2 Å². The van der Waals surface area contributed by atoms with Gasteiger partial charge in [-0.15, -0.1) is 0 Å². The lowest BCUT2D eigenvalue weighted by Crippen LogP contribution is -2.12. The molecule has 120 valence electrons. The van der Waals surface area contributed by atoms with E-state index in [4.69, 9.17) is 20.4 Å². The summed E-state index contributed by atoms with van der Waals surface area (Å²) in [6.07, 6.45) is 0. The smallest absolute Gasteiger partial charge is 0.417 e. The van der Waals surface area contributed by atoms with Crippen molar-refractivity contribution in [1.29, 1.82) is 0 Å². The lowest BCUT2D eigenvalue weighted by atomic mass is 10.1. The van der Waals surface area contributed by atoms with Gasteiger partial charge in [0, 0.05) is 21.7 Å². The molecule has 2 aromatic heterocycles. The van der Waals surface area contributed by atoms with E-state index in [1.54, 1.807) is 43.3 Å². The van der Waals surface area contributed by atoms with Gasteiger partial charge in [-0.1, -0.05) is 11.6 Å². The molecule has 0 aliphatic rings. The van der Waals surface area contributed by atoms with Gasteiger partial charge in [0.15, 0.2) is 11.3 Å². The molecule has 1 amide bonds. The van der Waals surface area contributed by atoms with E-state index in [0.29, 0.717) is 33.0 Å². The van der Waals surface area contributed by atoms with Gasteiger partial charge in [-0.25, -0.2) is 4.79 Å². The number of amides is 1. The van der Waals surface area contributed by atoms with Gasteiger partial charge in [0.2, 0.25) is 0 Å². The van der Waals surface area contributed by atoms with Crippen LogP contribution in [0.5, 0.6) is 0 Å². The Bertz CT molecular complexity index is 1150. The van der Waals surface area contributed by atoms with Crippen LogP contribution in [0.25, 0.3) is 22.1 Å². The van der Waals surface area contributed by atoms with Crippen molar-refractivity contribution in [1.82, 2.24) is 4.98 Å². The summed E-state index contributed by atoms with van der Waals surface area (Å²) in [7, 11) is 0. The first-order chi connectivity index (χ1) is 11.5. The number of furan rings is 1. The molecule has 0 spiro atoms. The molecular weight excluding hydrogens is 332 g/mol. The Morgan fingerprint density at radius 2 is 1.92 bits per heavy atom. The number of aromatic amines is 1. The van der Waals surface area contributed by atoms with Crippen LogP contribution in [0.1, 0.15) is 16.1 Å². The molecule has 0 unspecified atom stereocenters. The molecule has 0 fully saturated rings. The van der Waals surface area contributed by atoms with Crippen LogP contribution in [0.2, 0.25) is 5.02 Å². The van der Waals surface area contributed by atoms with Gasteiger partial charge in [-0.05, 0) is 43.3 Å². The Morgan fingerprint density at radius 3 is 2.75 bits per heavy atom. The van der Waals surface area contributed by atoms with Crippen molar-refractivity contribution in [2.24, 2.45) is 0 Å². The fourth-order valence-electron chi connectivity index (χ4n) is 2.63. The fourth-order valence-corrected chi connectivity index (χ4v) is 2.80. The summed E-state index contributed by atoms with van der Waals surface area (Å²) in [6.45, 7) is 1.80. The maximum atomic E-state index is 12.5. The Kier molecular flexibility index (Phi) is 3.21. The quantitative estimate of drug-likeness (QED) is 0.574. The molecule has 2 heterocycles. The van der Waals surface area contributed by atoms with E-state index in [-0.39, 0.29) is 11.7 Å². The van der Waals surface area contributed by atoms with Crippen LogP contribution in [0.3, 0.4) is 0 Å². The van der Waals surface area contributed by atoms with Crippen LogP contribution in [0, 0.1) is 6.92 Å². The Balaban J connectivity index is 1.70. The molecule has 0 aliphatic carbocycles. The second-order valence-electron chi connectivity index (χ2n) is 5.38. The number of anilines is 1. The molecule has 0 bridgehead atoms. The van der Waals surface area contributed by atoms with E-state index in [9.17, 15) is 9.59 Å². The van der Waals surface area contributed by atoms with E-state index < -0.39 is 5.76 Å². The first-order valence-corrected chi connectivity index (χ1v) is 7.52. The number of rotatable bonds is 2. The lowest BCUT2D eigenvalue weighted by Gasteiger charge is -2.03. The molecule has 2 aromatic carbocycles. The number of aryl methyl sites for hydroxylation is 1. The van der Waals surface area contributed by atoms with Crippen LogP contribution in [-0.4, -0.2) is 10.9 Å². The summed E-state index contributed by atoms with van der Waals surface area (Å²) in [5.41, 5.74) is 2.75. The normalized spacial score (nSPS) is 11.2. The van der Waals surface area contributed by atoms with E-state index in [0.717, 1.165) is 5.39 Å². The third-order valence-electron chi connectivity index (χ3n) is 3.78. The summed E-state index contributed by atoms with van der Waals surface area (Å²) in [4.78, 5) is 26.2. The molecule has 0 radical (unpaired) electrons. The third-order valence-corrected chi connectivity index (χ3v) is 4.02. The maximum Gasteiger partial charge on any atom is 0.417 e. The van der Waals surface area contributed by atoms with Gasteiger partial charge >= 0.3 is 5.76 Å².